The first-order valence-electron chi connectivity index (χ1n) is 4.72. The van der Waals surface area contributed by atoms with Crippen molar-refractivity contribution in [2.24, 2.45) is 0 Å². The van der Waals surface area contributed by atoms with E-state index in [2.05, 4.69) is 19.6 Å². The fraction of sp³-hybridized carbons (Fsp3) is 0.333. The lowest BCUT2D eigenvalue weighted by atomic mass is 10.2. The van der Waals surface area contributed by atoms with Gasteiger partial charge in [-0.2, -0.15) is 0 Å². The smallest absolute Gasteiger partial charge is 0.127 e. The Balaban J connectivity index is 2.66. The van der Waals surface area contributed by atoms with Gasteiger partial charge in [-0.3, -0.25) is 0 Å². The van der Waals surface area contributed by atoms with E-state index in [4.69, 9.17) is 4.74 Å². The molecule has 0 atom stereocenters. The van der Waals surface area contributed by atoms with Gasteiger partial charge in [-0.15, -0.1) is 0 Å². The molecule has 1 nitrogen and oxygen atoms in total. The van der Waals surface area contributed by atoms with Crippen LogP contribution in [0.15, 0.2) is 24.8 Å². The Morgan fingerprint density at radius 2 is 2.21 bits per heavy atom. The quantitative estimate of drug-likeness (QED) is 0.652. The van der Waals surface area contributed by atoms with Crippen LogP contribution in [-0.4, -0.2) is 6.61 Å². The standard InChI is InChI=1S/C12H14FO/c1-3-5-6-14-12-8-10(4-2)7-11(13)9-12/h7-9H,2-3,5-6H2,1H3. The molecule has 0 heterocycles. The lowest BCUT2D eigenvalue weighted by Crippen LogP contribution is -1.97. The summed E-state index contributed by atoms with van der Waals surface area (Å²) in [5, 5.41) is 0. The molecule has 0 saturated heterocycles. The number of ether oxygens (including phenoxy) is 1. The second kappa shape index (κ2) is 5.43. The summed E-state index contributed by atoms with van der Waals surface area (Å²) in [4.78, 5) is 0. The van der Waals surface area contributed by atoms with Gasteiger partial charge in [0, 0.05) is 6.07 Å². The van der Waals surface area contributed by atoms with Crippen molar-refractivity contribution < 1.29 is 9.13 Å². The van der Waals surface area contributed by atoms with Gasteiger partial charge in [0.15, 0.2) is 0 Å². The largest absolute Gasteiger partial charge is 0.493 e. The zero-order valence-electron chi connectivity index (χ0n) is 8.35. The van der Waals surface area contributed by atoms with Gasteiger partial charge in [-0.05, 0) is 30.2 Å². The van der Waals surface area contributed by atoms with Gasteiger partial charge in [0.1, 0.15) is 11.6 Å². The Morgan fingerprint density at radius 1 is 1.43 bits per heavy atom. The first-order valence-corrected chi connectivity index (χ1v) is 4.72. The molecule has 0 fully saturated rings. The summed E-state index contributed by atoms with van der Waals surface area (Å²) >= 11 is 0. The molecular weight excluding hydrogens is 179 g/mol. The van der Waals surface area contributed by atoms with E-state index in [9.17, 15) is 4.39 Å². The molecule has 0 bridgehead atoms. The van der Waals surface area contributed by atoms with E-state index in [1.54, 1.807) is 6.07 Å². The second-order valence-corrected chi connectivity index (χ2v) is 3.05. The van der Waals surface area contributed by atoms with Crippen LogP contribution in [0.25, 0.3) is 0 Å². The summed E-state index contributed by atoms with van der Waals surface area (Å²) in [5.41, 5.74) is 0.622. The summed E-state index contributed by atoms with van der Waals surface area (Å²) in [5.74, 6) is 0.231. The van der Waals surface area contributed by atoms with Crippen LogP contribution in [0.4, 0.5) is 4.39 Å². The van der Waals surface area contributed by atoms with Crippen LogP contribution in [0, 0.1) is 11.9 Å². The van der Waals surface area contributed by atoms with Crippen molar-refractivity contribution in [2.75, 3.05) is 6.61 Å². The average Bonchev–Trinajstić information content (AvgIpc) is 2.17. The van der Waals surface area contributed by atoms with Crippen LogP contribution in [0.1, 0.15) is 25.3 Å². The highest BCUT2D eigenvalue weighted by Crippen LogP contribution is 2.16. The molecule has 1 rings (SSSR count). The number of rotatable bonds is 5. The van der Waals surface area contributed by atoms with Crippen molar-refractivity contribution in [3.05, 3.63) is 42.2 Å². The zero-order chi connectivity index (χ0) is 10.4. The Bertz CT molecular complexity index is 307. The molecule has 0 spiro atoms. The van der Waals surface area contributed by atoms with Gasteiger partial charge in [0.2, 0.25) is 0 Å². The molecule has 0 aliphatic rings. The van der Waals surface area contributed by atoms with Gasteiger partial charge < -0.3 is 4.74 Å². The van der Waals surface area contributed by atoms with E-state index in [0.29, 0.717) is 17.9 Å². The van der Waals surface area contributed by atoms with E-state index >= 15 is 0 Å². The molecule has 1 aromatic carbocycles. The molecule has 0 aromatic heterocycles. The fourth-order valence-electron chi connectivity index (χ4n) is 1.08. The first kappa shape index (κ1) is 10.8. The van der Waals surface area contributed by atoms with Crippen LogP contribution >= 0.6 is 0 Å². The Kier molecular flexibility index (Phi) is 4.17. The molecule has 14 heavy (non-hydrogen) atoms. The van der Waals surface area contributed by atoms with Crippen molar-refractivity contribution in [1.29, 1.82) is 0 Å². The number of halogens is 1. The summed E-state index contributed by atoms with van der Waals surface area (Å²) in [7, 11) is 0. The van der Waals surface area contributed by atoms with Crippen molar-refractivity contribution in [1.82, 2.24) is 0 Å². The van der Waals surface area contributed by atoms with E-state index in [-0.39, 0.29) is 5.82 Å². The average molecular weight is 193 g/mol. The Hall–Kier alpha value is -1.31. The van der Waals surface area contributed by atoms with E-state index in [1.807, 2.05) is 0 Å². The maximum absolute atomic E-state index is 13.0. The minimum Gasteiger partial charge on any atom is -0.493 e. The minimum atomic E-state index is -0.315. The zero-order valence-corrected chi connectivity index (χ0v) is 8.35. The van der Waals surface area contributed by atoms with E-state index < -0.39 is 0 Å². The van der Waals surface area contributed by atoms with Gasteiger partial charge in [-0.25, -0.2) is 4.39 Å². The molecule has 0 N–H and O–H groups in total. The van der Waals surface area contributed by atoms with Crippen LogP contribution < -0.4 is 4.74 Å². The third-order valence-electron chi connectivity index (χ3n) is 1.84. The molecule has 2 heteroatoms. The number of hydrogen-bond acceptors (Lipinski definition) is 1. The summed E-state index contributed by atoms with van der Waals surface area (Å²) in [6.45, 7) is 6.17. The highest BCUT2D eigenvalue weighted by molar-refractivity contribution is 5.32. The predicted octanol–water partition coefficient (Wildman–Crippen LogP) is 3.34. The topological polar surface area (TPSA) is 9.23 Å². The first-order chi connectivity index (χ1) is 6.76. The van der Waals surface area contributed by atoms with Crippen LogP contribution in [0.2, 0.25) is 0 Å². The third-order valence-corrected chi connectivity index (χ3v) is 1.84. The fourth-order valence-corrected chi connectivity index (χ4v) is 1.08. The Morgan fingerprint density at radius 3 is 2.86 bits per heavy atom. The molecule has 0 unspecified atom stereocenters. The molecule has 0 aliphatic carbocycles. The lowest BCUT2D eigenvalue weighted by molar-refractivity contribution is 0.307. The lowest BCUT2D eigenvalue weighted by Gasteiger charge is -2.05. The molecule has 75 valence electrons. The predicted molar refractivity (Wildman–Crippen MR) is 54.8 cm³/mol. The molecular formula is C12H14FO. The normalized spacial score (nSPS) is 9.86. The van der Waals surface area contributed by atoms with E-state index in [1.165, 1.54) is 12.1 Å². The van der Waals surface area contributed by atoms with Crippen LogP contribution in [0.3, 0.4) is 0 Å². The number of hydrogen-bond donors (Lipinski definition) is 0. The van der Waals surface area contributed by atoms with Crippen molar-refractivity contribution in [3.63, 3.8) is 0 Å². The molecule has 0 aliphatic heterocycles. The number of benzene rings is 1. The maximum Gasteiger partial charge on any atom is 0.127 e. The maximum atomic E-state index is 13.0. The van der Waals surface area contributed by atoms with Crippen molar-refractivity contribution in [3.8, 4) is 5.75 Å². The molecule has 0 saturated carbocycles. The summed E-state index contributed by atoms with van der Waals surface area (Å²) < 4.78 is 18.3. The summed E-state index contributed by atoms with van der Waals surface area (Å²) in [6, 6.07) is 4.47. The molecule has 1 radical (unpaired) electrons. The van der Waals surface area contributed by atoms with Gasteiger partial charge in [-0.1, -0.05) is 19.9 Å². The van der Waals surface area contributed by atoms with Gasteiger partial charge in [0.05, 0.1) is 6.61 Å². The minimum absolute atomic E-state index is 0.315. The molecule has 0 amide bonds. The number of unbranched alkanes of at least 4 members (excludes halogenated alkanes) is 1. The highest BCUT2D eigenvalue weighted by Gasteiger charge is 1.99. The van der Waals surface area contributed by atoms with Crippen molar-refractivity contribution >= 4 is 0 Å². The molecule has 1 aromatic rings. The second-order valence-electron chi connectivity index (χ2n) is 3.05. The van der Waals surface area contributed by atoms with Crippen molar-refractivity contribution in [2.45, 2.75) is 19.8 Å². The van der Waals surface area contributed by atoms with Gasteiger partial charge in [0.25, 0.3) is 0 Å². The van der Waals surface area contributed by atoms with Gasteiger partial charge >= 0.3 is 0 Å². The third kappa shape index (κ3) is 3.21. The summed E-state index contributed by atoms with van der Waals surface area (Å²) in [6.07, 6.45) is 4.67. The van der Waals surface area contributed by atoms with E-state index in [0.717, 1.165) is 12.8 Å². The Labute approximate surface area is 84.2 Å². The SMILES string of the molecule is C=[C]c1cc(F)cc(OCCCC)c1. The monoisotopic (exact) mass is 193 g/mol. The van der Waals surface area contributed by atoms with Crippen LogP contribution in [-0.2, 0) is 0 Å². The van der Waals surface area contributed by atoms with Crippen LogP contribution in [0.5, 0.6) is 5.75 Å². The highest BCUT2D eigenvalue weighted by atomic mass is 19.1.